The van der Waals surface area contributed by atoms with E-state index in [1.807, 2.05) is 13.8 Å². The van der Waals surface area contributed by atoms with Gasteiger partial charge in [-0.05, 0) is 12.8 Å². The predicted octanol–water partition coefficient (Wildman–Crippen LogP) is 0.832. The van der Waals surface area contributed by atoms with Gasteiger partial charge in [-0.2, -0.15) is 0 Å². The number of rotatable bonds is 2. The van der Waals surface area contributed by atoms with Crippen LogP contribution >= 0.6 is 0 Å². The number of carbonyl (C=O) groups is 2. The average molecular weight is 169 g/mol. The van der Waals surface area contributed by atoms with Crippen LogP contribution in [0.25, 0.3) is 0 Å². The standard InChI is InChI=1S/C9H15NO2/c1-7(2)9(12)10-5-3-4-8(10)6-11/h6-8H,3-5H2,1-2H3. The fraction of sp³-hybridized carbons (Fsp3) is 0.778. The smallest absolute Gasteiger partial charge is 0.225 e. The normalized spacial score (nSPS) is 23.2. The molecule has 0 aromatic rings. The molecule has 0 radical (unpaired) electrons. The molecule has 1 saturated heterocycles. The summed E-state index contributed by atoms with van der Waals surface area (Å²) < 4.78 is 0. The lowest BCUT2D eigenvalue weighted by Gasteiger charge is -2.22. The number of carbonyl (C=O) groups excluding carboxylic acids is 2. The average Bonchev–Trinajstić information content (AvgIpc) is 2.49. The molecule has 12 heavy (non-hydrogen) atoms. The number of likely N-dealkylation sites (tertiary alicyclic amines) is 1. The zero-order chi connectivity index (χ0) is 9.14. The summed E-state index contributed by atoms with van der Waals surface area (Å²) in [6.45, 7) is 4.48. The van der Waals surface area contributed by atoms with Gasteiger partial charge in [0.05, 0.1) is 6.04 Å². The zero-order valence-corrected chi connectivity index (χ0v) is 7.62. The van der Waals surface area contributed by atoms with E-state index in [1.54, 1.807) is 4.90 Å². The number of hydrogen-bond acceptors (Lipinski definition) is 2. The van der Waals surface area contributed by atoms with Gasteiger partial charge in [0, 0.05) is 12.5 Å². The molecular formula is C9H15NO2. The van der Waals surface area contributed by atoms with E-state index in [9.17, 15) is 9.59 Å². The molecule has 68 valence electrons. The number of aldehydes is 1. The fourth-order valence-corrected chi connectivity index (χ4v) is 1.54. The molecule has 1 unspecified atom stereocenters. The van der Waals surface area contributed by atoms with Crippen molar-refractivity contribution in [3.8, 4) is 0 Å². The molecule has 0 aliphatic carbocycles. The molecule has 1 heterocycles. The quantitative estimate of drug-likeness (QED) is 0.574. The molecule has 1 amide bonds. The molecule has 3 heteroatoms. The Labute approximate surface area is 72.7 Å². The van der Waals surface area contributed by atoms with Crippen LogP contribution in [0.1, 0.15) is 26.7 Å². The second-order valence-electron chi connectivity index (χ2n) is 3.53. The van der Waals surface area contributed by atoms with Gasteiger partial charge in [0.15, 0.2) is 0 Å². The Morgan fingerprint density at radius 1 is 1.58 bits per heavy atom. The molecule has 1 aliphatic heterocycles. The van der Waals surface area contributed by atoms with Crippen LogP contribution in [-0.2, 0) is 9.59 Å². The van der Waals surface area contributed by atoms with Gasteiger partial charge in [-0.15, -0.1) is 0 Å². The van der Waals surface area contributed by atoms with Crippen molar-refractivity contribution in [1.29, 1.82) is 0 Å². The topological polar surface area (TPSA) is 37.4 Å². The Balaban J connectivity index is 2.61. The van der Waals surface area contributed by atoms with Crippen LogP contribution in [0.2, 0.25) is 0 Å². The summed E-state index contributed by atoms with van der Waals surface area (Å²) in [5, 5.41) is 0. The molecule has 0 aromatic heterocycles. The van der Waals surface area contributed by atoms with E-state index < -0.39 is 0 Å². The maximum Gasteiger partial charge on any atom is 0.225 e. The Morgan fingerprint density at radius 3 is 2.75 bits per heavy atom. The van der Waals surface area contributed by atoms with Crippen molar-refractivity contribution in [3.63, 3.8) is 0 Å². The van der Waals surface area contributed by atoms with Crippen molar-refractivity contribution >= 4 is 12.2 Å². The Hall–Kier alpha value is -0.860. The maximum absolute atomic E-state index is 11.5. The first-order chi connectivity index (χ1) is 5.66. The van der Waals surface area contributed by atoms with Gasteiger partial charge in [-0.1, -0.05) is 13.8 Å². The van der Waals surface area contributed by atoms with Gasteiger partial charge < -0.3 is 9.69 Å². The van der Waals surface area contributed by atoms with Gasteiger partial charge in [0.2, 0.25) is 5.91 Å². The minimum Gasteiger partial charge on any atom is -0.333 e. The minimum absolute atomic E-state index is 0.00514. The summed E-state index contributed by atoms with van der Waals surface area (Å²) in [6, 6.07) is -0.153. The van der Waals surface area contributed by atoms with Crippen molar-refractivity contribution in [1.82, 2.24) is 4.90 Å². The first-order valence-corrected chi connectivity index (χ1v) is 4.42. The molecule has 1 fully saturated rings. The monoisotopic (exact) mass is 169 g/mol. The second-order valence-corrected chi connectivity index (χ2v) is 3.53. The molecule has 0 aromatic carbocycles. The fourth-order valence-electron chi connectivity index (χ4n) is 1.54. The summed E-state index contributed by atoms with van der Waals surface area (Å²) in [5.41, 5.74) is 0. The highest BCUT2D eigenvalue weighted by Crippen LogP contribution is 2.17. The van der Waals surface area contributed by atoms with Gasteiger partial charge in [0.25, 0.3) is 0 Å². The van der Waals surface area contributed by atoms with Crippen molar-refractivity contribution in [2.45, 2.75) is 32.7 Å². The van der Waals surface area contributed by atoms with E-state index in [0.29, 0.717) is 0 Å². The van der Waals surface area contributed by atoms with Gasteiger partial charge in [0.1, 0.15) is 6.29 Å². The van der Waals surface area contributed by atoms with Crippen molar-refractivity contribution in [3.05, 3.63) is 0 Å². The van der Waals surface area contributed by atoms with Gasteiger partial charge in [-0.3, -0.25) is 4.79 Å². The number of hydrogen-bond donors (Lipinski definition) is 0. The third-order valence-electron chi connectivity index (χ3n) is 2.23. The molecule has 0 N–H and O–H groups in total. The van der Waals surface area contributed by atoms with E-state index in [-0.39, 0.29) is 17.9 Å². The van der Waals surface area contributed by atoms with E-state index in [2.05, 4.69) is 0 Å². The highest BCUT2D eigenvalue weighted by Gasteiger charge is 2.29. The predicted molar refractivity (Wildman–Crippen MR) is 45.6 cm³/mol. The van der Waals surface area contributed by atoms with Crippen molar-refractivity contribution in [2.75, 3.05) is 6.54 Å². The van der Waals surface area contributed by atoms with Crippen LogP contribution in [0.5, 0.6) is 0 Å². The van der Waals surface area contributed by atoms with E-state index in [1.165, 1.54) is 0 Å². The van der Waals surface area contributed by atoms with E-state index in [0.717, 1.165) is 25.7 Å². The zero-order valence-electron chi connectivity index (χ0n) is 7.62. The SMILES string of the molecule is CC(C)C(=O)N1CCCC1C=O. The summed E-state index contributed by atoms with van der Waals surface area (Å²) in [5.74, 6) is 0.107. The van der Waals surface area contributed by atoms with Crippen LogP contribution in [0, 0.1) is 5.92 Å². The van der Waals surface area contributed by atoms with Crippen molar-refractivity contribution < 1.29 is 9.59 Å². The summed E-state index contributed by atoms with van der Waals surface area (Å²) in [6.07, 6.45) is 2.68. The molecule has 1 atom stereocenters. The van der Waals surface area contributed by atoms with Gasteiger partial charge >= 0.3 is 0 Å². The molecule has 0 spiro atoms. The highest BCUT2D eigenvalue weighted by atomic mass is 16.2. The van der Waals surface area contributed by atoms with Crippen molar-refractivity contribution in [2.24, 2.45) is 5.92 Å². The van der Waals surface area contributed by atoms with E-state index in [4.69, 9.17) is 0 Å². The first kappa shape index (κ1) is 9.23. The van der Waals surface area contributed by atoms with E-state index >= 15 is 0 Å². The molecule has 1 rings (SSSR count). The summed E-state index contributed by atoms with van der Waals surface area (Å²) >= 11 is 0. The second kappa shape index (κ2) is 3.70. The lowest BCUT2D eigenvalue weighted by Crippen LogP contribution is -2.38. The van der Waals surface area contributed by atoms with Crippen LogP contribution in [0.3, 0.4) is 0 Å². The number of amides is 1. The Bertz CT molecular complexity index is 189. The van der Waals surface area contributed by atoms with Crippen LogP contribution in [0.15, 0.2) is 0 Å². The lowest BCUT2D eigenvalue weighted by molar-refractivity contribution is -0.137. The number of nitrogens with zero attached hydrogens (tertiary/aromatic N) is 1. The molecular weight excluding hydrogens is 154 g/mol. The van der Waals surface area contributed by atoms with Gasteiger partial charge in [-0.25, -0.2) is 0 Å². The molecule has 1 aliphatic rings. The van der Waals surface area contributed by atoms with Crippen LogP contribution < -0.4 is 0 Å². The largest absolute Gasteiger partial charge is 0.333 e. The molecule has 0 bridgehead atoms. The van der Waals surface area contributed by atoms with Crippen LogP contribution in [-0.4, -0.2) is 29.7 Å². The first-order valence-electron chi connectivity index (χ1n) is 4.42. The Kier molecular flexibility index (Phi) is 2.84. The maximum atomic E-state index is 11.5. The van der Waals surface area contributed by atoms with Crippen LogP contribution in [0.4, 0.5) is 0 Å². The third-order valence-corrected chi connectivity index (χ3v) is 2.23. The minimum atomic E-state index is -0.153. The Morgan fingerprint density at radius 2 is 2.25 bits per heavy atom. The summed E-state index contributed by atoms with van der Waals surface area (Å²) in [4.78, 5) is 23.7. The third kappa shape index (κ3) is 1.65. The highest BCUT2D eigenvalue weighted by molar-refractivity contribution is 5.81. The lowest BCUT2D eigenvalue weighted by atomic mass is 10.1. The molecule has 3 nitrogen and oxygen atoms in total. The molecule has 0 saturated carbocycles. The summed E-state index contributed by atoms with van der Waals surface area (Å²) in [7, 11) is 0.